The number of anilines is 1. The summed E-state index contributed by atoms with van der Waals surface area (Å²) in [5, 5.41) is 3.43. The van der Waals surface area contributed by atoms with Crippen LogP contribution in [-0.2, 0) is 4.84 Å². The molecule has 1 aliphatic heterocycles. The summed E-state index contributed by atoms with van der Waals surface area (Å²) in [6, 6.07) is 11.5. The molecule has 92 valence electrons. The molecule has 0 atom stereocenters. The average Bonchev–Trinajstić information content (AvgIpc) is 2.91. The van der Waals surface area contributed by atoms with Gasteiger partial charge in [-0.25, -0.2) is 5.06 Å². The van der Waals surface area contributed by atoms with Crippen molar-refractivity contribution in [1.29, 1.82) is 0 Å². The molecule has 1 saturated heterocycles. The lowest BCUT2D eigenvalue weighted by Crippen LogP contribution is -2.27. The topological polar surface area (TPSA) is 55.6 Å². The molecular weight excluding hydrogens is 228 g/mol. The number of fused-ring (bicyclic) bond motifs is 1. The Morgan fingerprint density at radius 3 is 2.61 bits per heavy atom. The molecule has 2 aromatic carbocycles. The molecule has 0 spiro atoms. The first-order valence-electron chi connectivity index (χ1n) is 5.99. The summed E-state index contributed by atoms with van der Waals surface area (Å²) >= 11 is 0. The summed E-state index contributed by atoms with van der Waals surface area (Å²) < 4.78 is 0. The van der Waals surface area contributed by atoms with Gasteiger partial charge in [0.1, 0.15) is 0 Å². The molecule has 2 N–H and O–H groups in total. The van der Waals surface area contributed by atoms with Crippen molar-refractivity contribution < 1.29 is 9.63 Å². The average molecular weight is 242 g/mol. The highest BCUT2D eigenvalue weighted by atomic mass is 16.7. The Bertz CT molecular complexity index is 604. The van der Waals surface area contributed by atoms with Crippen LogP contribution in [0.3, 0.4) is 0 Å². The molecule has 0 radical (unpaired) electrons. The summed E-state index contributed by atoms with van der Waals surface area (Å²) in [6.45, 7) is 1.23. The quantitative estimate of drug-likeness (QED) is 0.780. The Labute approximate surface area is 105 Å². The van der Waals surface area contributed by atoms with Crippen LogP contribution in [-0.4, -0.2) is 24.1 Å². The third-order valence-electron chi connectivity index (χ3n) is 3.13. The Morgan fingerprint density at radius 2 is 1.94 bits per heavy atom. The molecule has 18 heavy (non-hydrogen) atoms. The Balaban J connectivity index is 2.05. The van der Waals surface area contributed by atoms with Crippen LogP contribution in [0.2, 0.25) is 0 Å². The van der Waals surface area contributed by atoms with Gasteiger partial charge in [-0.15, -0.1) is 0 Å². The summed E-state index contributed by atoms with van der Waals surface area (Å²) in [7, 11) is 0. The lowest BCUT2D eigenvalue weighted by Gasteiger charge is -2.15. The van der Waals surface area contributed by atoms with Crippen molar-refractivity contribution in [2.75, 3.05) is 18.9 Å². The van der Waals surface area contributed by atoms with Gasteiger partial charge in [0.25, 0.3) is 5.91 Å². The van der Waals surface area contributed by atoms with Crippen LogP contribution in [0.25, 0.3) is 10.8 Å². The second-order valence-corrected chi connectivity index (χ2v) is 4.38. The molecule has 4 nitrogen and oxygen atoms in total. The maximum Gasteiger partial charge on any atom is 0.279 e. The smallest absolute Gasteiger partial charge is 0.279 e. The van der Waals surface area contributed by atoms with E-state index in [1.165, 1.54) is 5.06 Å². The maximum atomic E-state index is 12.2. The van der Waals surface area contributed by atoms with Crippen LogP contribution in [0, 0.1) is 0 Å². The van der Waals surface area contributed by atoms with E-state index in [0.717, 1.165) is 17.2 Å². The lowest BCUT2D eigenvalue weighted by atomic mass is 10.0. The van der Waals surface area contributed by atoms with E-state index in [1.54, 1.807) is 0 Å². The number of amides is 1. The largest absolute Gasteiger partial charge is 0.398 e. The van der Waals surface area contributed by atoms with Crippen molar-refractivity contribution in [2.45, 2.75) is 6.42 Å². The number of nitrogens with two attached hydrogens (primary N) is 1. The molecule has 1 fully saturated rings. The van der Waals surface area contributed by atoms with E-state index in [9.17, 15) is 4.79 Å². The monoisotopic (exact) mass is 242 g/mol. The van der Waals surface area contributed by atoms with Gasteiger partial charge in [0.15, 0.2) is 0 Å². The van der Waals surface area contributed by atoms with Gasteiger partial charge >= 0.3 is 0 Å². The molecule has 3 rings (SSSR count). The van der Waals surface area contributed by atoms with Gasteiger partial charge in [0.2, 0.25) is 0 Å². The Kier molecular flexibility index (Phi) is 2.64. The predicted octanol–water partition coefficient (Wildman–Crippen LogP) is 2.20. The van der Waals surface area contributed by atoms with Crippen LogP contribution >= 0.6 is 0 Å². The number of benzene rings is 2. The first kappa shape index (κ1) is 11.0. The zero-order valence-electron chi connectivity index (χ0n) is 9.93. The number of nitrogens with zero attached hydrogens (tertiary/aromatic N) is 1. The fourth-order valence-corrected chi connectivity index (χ4v) is 2.19. The van der Waals surface area contributed by atoms with Crippen molar-refractivity contribution in [2.24, 2.45) is 0 Å². The van der Waals surface area contributed by atoms with E-state index in [1.807, 2.05) is 36.4 Å². The minimum atomic E-state index is -0.157. The molecule has 0 unspecified atom stereocenters. The SMILES string of the molecule is Nc1cc2ccccc2cc1C(=O)N1CCCO1. The maximum absolute atomic E-state index is 12.2. The van der Waals surface area contributed by atoms with Crippen LogP contribution in [0.4, 0.5) is 5.69 Å². The number of hydrogen-bond donors (Lipinski definition) is 1. The highest BCUT2D eigenvalue weighted by molar-refractivity contribution is 6.03. The second-order valence-electron chi connectivity index (χ2n) is 4.38. The number of hydroxylamine groups is 2. The molecular formula is C14H14N2O2. The summed E-state index contributed by atoms with van der Waals surface area (Å²) in [6.07, 6.45) is 0.874. The molecule has 1 amide bonds. The first-order chi connectivity index (χ1) is 8.75. The molecule has 4 heteroatoms. The zero-order valence-corrected chi connectivity index (χ0v) is 9.93. The number of nitrogen functional groups attached to an aromatic ring is 1. The lowest BCUT2D eigenvalue weighted by molar-refractivity contribution is -0.0767. The van der Waals surface area contributed by atoms with Gasteiger partial charge in [-0.2, -0.15) is 0 Å². The molecule has 0 aliphatic carbocycles. The highest BCUT2D eigenvalue weighted by Crippen LogP contribution is 2.24. The molecule has 0 aromatic heterocycles. The second kappa shape index (κ2) is 4.31. The van der Waals surface area contributed by atoms with E-state index in [4.69, 9.17) is 10.6 Å². The fourth-order valence-electron chi connectivity index (χ4n) is 2.19. The first-order valence-corrected chi connectivity index (χ1v) is 5.99. The minimum Gasteiger partial charge on any atom is -0.398 e. The number of carbonyl (C=O) groups excluding carboxylic acids is 1. The van der Waals surface area contributed by atoms with Crippen LogP contribution in [0.5, 0.6) is 0 Å². The van der Waals surface area contributed by atoms with Crippen molar-refractivity contribution in [3.8, 4) is 0 Å². The number of rotatable bonds is 1. The van der Waals surface area contributed by atoms with Gasteiger partial charge in [-0.1, -0.05) is 24.3 Å². The fraction of sp³-hybridized carbons (Fsp3) is 0.214. The van der Waals surface area contributed by atoms with E-state index in [-0.39, 0.29) is 5.91 Å². The normalized spacial score (nSPS) is 15.2. The van der Waals surface area contributed by atoms with Gasteiger partial charge in [-0.3, -0.25) is 9.63 Å². The molecule has 1 aliphatic rings. The standard InChI is InChI=1S/C14H14N2O2/c15-13-9-11-5-2-1-4-10(11)8-12(13)14(17)16-6-3-7-18-16/h1-2,4-5,8-9H,3,6-7,15H2. The van der Waals surface area contributed by atoms with E-state index < -0.39 is 0 Å². The summed E-state index contributed by atoms with van der Waals surface area (Å²) in [5.41, 5.74) is 6.96. The molecule has 2 aromatic rings. The van der Waals surface area contributed by atoms with Gasteiger partial charge in [0, 0.05) is 5.69 Å². The van der Waals surface area contributed by atoms with E-state index >= 15 is 0 Å². The Hall–Kier alpha value is -2.07. The van der Waals surface area contributed by atoms with Crippen molar-refractivity contribution in [3.05, 3.63) is 42.0 Å². The van der Waals surface area contributed by atoms with E-state index in [0.29, 0.717) is 24.4 Å². The third kappa shape index (κ3) is 1.80. The Morgan fingerprint density at radius 1 is 1.22 bits per heavy atom. The molecule has 0 bridgehead atoms. The minimum absolute atomic E-state index is 0.157. The van der Waals surface area contributed by atoms with Gasteiger partial charge in [0.05, 0.1) is 18.7 Å². The van der Waals surface area contributed by atoms with Crippen LogP contribution < -0.4 is 5.73 Å². The highest BCUT2D eigenvalue weighted by Gasteiger charge is 2.22. The zero-order chi connectivity index (χ0) is 12.5. The van der Waals surface area contributed by atoms with Gasteiger partial charge < -0.3 is 5.73 Å². The predicted molar refractivity (Wildman–Crippen MR) is 70.0 cm³/mol. The molecule has 1 heterocycles. The van der Waals surface area contributed by atoms with Crippen LogP contribution in [0.1, 0.15) is 16.8 Å². The summed E-state index contributed by atoms with van der Waals surface area (Å²) in [4.78, 5) is 17.5. The third-order valence-corrected chi connectivity index (χ3v) is 3.13. The number of hydrogen-bond acceptors (Lipinski definition) is 3. The van der Waals surface area contributed by atoms with Crippen LogP contribution in [0.15, 0.2) is 36.4 Å². The van der Waals surface area contributed by atoms with Crippen molar-refractivity contribution >= 4 is 22.4 Å². The number of carbonyl (C=O) groups is 1. The van der Waals surface area contributed by atoms with Crippen molar-refractivity contribution in [1.82, 2.24) is 5.06 Å². The van der Waals surface area contributed by atoms with Crippen molar-refractivity contribution in [3.63, 3.8) is 0 Å². The summed E-state index contributed by atoms with van der Waals surface area (Å²) in [5.74, 6) is -0.157. The van der Waals surface area contributed by atoms with Gasteiger partial charge in [-0.05, 0) is 29.3 Å². The van der Waals surface area contributed by atoms with E-state index in [2.05, 4.69) is 0 Å². The molecule has 0 saturated carbocycles.